The van der Waals surface area contributed by atoms with Crippen LogP contribution >= 0.6 is 31.9 Å². The number of phenols is 1. The van der Waals surface area contributed by atoms with Gasteiger partial charge in [-0.1, -0.05) is 62.2 Å². The van der Waals surface area contributed by atoms with E-state index >= 15 is 0 Å². The van der Waals surface area contributed by atoms with Crippen molar-refractivity contribution in [3.05, 3.63) is 107 Å². The summed E-state index contributed by atoms with van der Waals surface area (Å²) in [5.74, 6) is -1.01. The summed E-state index contributed by atoms with van der Waals surface area (Å²) in [5, 5.41) is 21.1. The molecule has 3 aromatic rings. The molecule has 3 rings (SSSR count). The van der Waals surface area contributed by atoms with Crippen molar-refractivity contribution in [1.29, 1.82) is 0 Å². The molecule has 10 heteroatoms. The number of benzene rings is 3. The first-order valence-electron chi connectivity index (χ1n) is 9.03. The Kier molecular flexibility index (Phi) is 7.27. The quantitative estimate of drug-likeness (QED) is 0.173. The van der Waals surface area contributed by atoms with Gasteiger partial charge in [0.25, 0.3) is 0 Å². The molecule has 3 aromatic carbocycles. The number of aldehydes is 1. The largest absolute Gasteiger partial charge is 0.502 e. The van der Waals surface area contributed by atoms with Crippen molar-refractivity contribution in [3.63, 3.8) is 0 Å². The van der Waals surface area contributed by atoms with Gasteiger partial charge in [-0.2, -0.15) is 0 Å². The van der Waals surface area contributed by atoms with E-state index in [0.717, 1.165) is 21.1 Å². The number of hydrogen-bond acceptors (Lipinski definition) is 6. The van der Waals surface area contributed by atoms with Gasteiger partial charge in [0.05, 0.1) is 10.7 Å². The van der Waals surface area contributed by atoms with Gasteiger partial charge >= 0.3 is 5.69 Å². The summed E-state index contributed by atoms with van der Waals surface area (Å²) in [6.45, 7) is 0. The number of sulfone groups is 1. The molecule has 0 aromatic heterocycles. The van der Waals surface area contributed by atoms with Gasteiger partial charge in [0.15, 0.2) is 21.9 Å². The molecular weight excluding hydrogens is 566 g/mol. The Hall–Kier alpha value is -2.82. The van der Waals surface area contributed by atoms with E-state index in [0.29, 0.717) is 11.1 Å². The molecule has 0 bridgehead atoms. The van der Waals surface area contributed by atoms with Crippen molar-refractivity contribution in [3.8, 4) is 5.75 Å². The third-order valence-electron chi connectivity index (χ3n) is 4.55. The number of nitrogens with zero attached hydrogens (tertiary/aromatic N) is 1. The maximum Gasteiger partial charge on any atom is 0.311 e. The lowest BCUT2D eigenvalue weighted by molar-refractivity contribution is -0.385. The SMILES string of the molecule is O=C/C(=C(\c1ccc(Br)cc1)c1ccc(O)c([N+](=O)[O-])c1)S(=O)(=O)Cc1ccc(Br)cc1. The van der Waals surface area contributed by atoms with Crippen molar-refractivity contribution < 1.29 is 23.2 Å². The minimum absolute atomic E-state index is 0.00714. The van der Waals surface area contributed by atoms with Crippen molar-refractivity contribution in [2.75, 3.05) is 0 Å². The number of aromatic hydroxyl groups is 1. The van der Waals surface area contributed by atoms with E-state index in [-0.39, 0.29) is 17.4 Å². The molecule has 0 radical (unpaired) electrons. The molecule has 0 aliphatic carbocycles. The Morgan fingerprint density at radius 2 is 1.47 bits per heavy atom. The van der Waals surface area contributed by atoms with Gasteiger partial charge in [-0.25, -0.2) is 8.42 Å². The fourth-order valence-corrected chi connectivity index (χ4v) is 5.07. The van der Waals surface area contributed by atoms with Gasteiger partial charge in [0, 0.05) is 20.6 Å². The van der Waals surface area contributed by atoms with E-state index in [1.54, 1.807) is 48.5 Å². The highest BCUT2D eigenvalue weighted by Gasteiger charge is 2.26. The van der Waals surface area contributed by atoms with Gasteiger partial charge in [-0.05, 0) is 47.0 Å². The van der Waals surface area contributed by atoms with Crippen LogP contribution < -0.4 is 0 Å². The zero-order valence-corrected chi connectivity index (χ0v) is 20.2. The molecule has 32 heavy (non-hydrogen) atoms. The minimum atomic E-state index is -4.14. The molecule has 0 saturated heterocycles. The zero-order chi connectivity index (χ0) is 23.5. The molecule has 0 aliphatic rings. The molecule has 0 fully saturated rings. The van der Waals surface area contributed by atoms with Crippen LogP contribution in [0.25, 0.3) is 5.57 Å². The Morgan fingerprint density at radius 3 is 2.00 bits per heavy atom. The number of nitro benzene ring substituents is 1. The number of carbonyl (C=O) groups excluding carboxylic acids is 1. The van der Waals surface area contributed by atoms with Crippen LogP contribution in [0.15, 0.2) is 80.6 Å². The fourth-order valence-electron chi connectivity index (χ4n) is 3.06. The lowest BCUT2D eigenvalue weighted by atomic mass is 9.97. The predicted molar refractivity (Wildman–Crippen MR) is 128 cm³/mol. The van der Waals surface area contributed by atoms with E-state index in [4.69, 9.17) is 0 Å². The smallest absolute Gasteiger partial charge is 0.311 e. The Balaban J connectivity index is 2.27. The molecule has 164 valence electrons. The lowest BCUT2D eigenvalue weighted by Gasteiger charge is -2.14. The van der Waals surface area contributed by atoms with Crippen LogP contribution in [-0.4, -0.2) is 24.7 Å². The normalized spacial score (nSPS) is 12.2. The van der Waals surface area contributed by atoms with Gasteiger partial charge in [0.2, 0.25) is 0 Å². The predicted octanol–water partition coefficient (Wildman–Crippen LogP) is 5.40. The third kappa shape index (κ3) is 5.32. The summed E-state index contributed by atoms with van der Waals surface area (Å²) in [6.07, 6.45) is 0.240. The topological polar surface area (TPSA) is 115 Å². The van der Waals surface area contributed by atoms with Crippen LogP contribution in [0, 0.1) is 10.1 Å². The average Bonchev–Trinajstić information content (AvgIpc) is 2.74. The van der Waals surface area contributed by atoms with Crippen LogP contribution in [0.5, 0.6) is 5.75 Å². The number of hydrogen-bond donors (Lipinski definition) is 1. The van der Waals surface area contributed by atoms with Crippen molar-refractivity contribution in [1.82, 2.24) is 0 Å². The molecule has 7 nitrogen and oxygen atoms in total. The molecule has 0 atom stereocenters. The van der Waals surface area contributed by atoms with E-state index < -0.39 is 36.9 Å². The second-order valence-corrected chi connectivity index (χ2v) is 10.5. The maximum atomic E-state index is 13.3. The van der Waals surface area contributed by atoms with Crippen LogP contribution in [0.1, 0.15) is 16.7 Å². The molecule has 0 unspecified atom stereocenters. The standard InChI is InChI=1S/C22H15Br2NO6S/c23-17-6-1-14(2-7-17)13-32(30,31)21(12-26)22(15-3-8-18(24)9-4-15)16-5-10-20(27)19(11-16)25(28)29/h1-12,27H,13H2/b22-21-. The molecule has 0 saturated carbocycles. The Bertz CT molecular complexity index is 1320. The van der Waals surface area contributed by atoms with Gasteiger partial charge in [0.1, 0.15) is 4.91 Å². The first-order chi connectivity index (χ1) is 15.1. The summed E-state index contributed by atoms with van der Waals surface area (Å²) >= 11 is 6.59. The van der Waals surface area contributed by atoms with E-state index in [2.05, 4.69) is 31.9 Å². The molecule has 1 N–H and O–H groups in total. The van der Waals surface area contributed by atoms with Gasteiger partial charge in [-0.15, -0.1) is 0 Å². The van der Waals surface area contributed by atoms with Crippen molar-refractivity contribution in [2.45, 2.75) is 5.75 Å². The van der Waals surface area contributed by atoms with Crippen molar-refractivity contribution in [2.24, 2.45) is 0 Å². The Labute approximate surface area is 200 Å². The number of nitro groups is 1. The summed E-state index contributed by atoms with van der Waals surface area (Å²) < 4.78 is 28.0. The second-order valence-electron chi connectivity index (χ2n) is 6.71. The summed E-state index contributed by atoms with van der Waals surface area (Å²) in [4.78, 5) is 22.1. The second kappa shape index (κ2) is 9.76. The number of allylic oxidation sites excluding steroid dienone is 1. The molecule has 0 heterocycles. The zero-order valence-electron chi connectivity index (χ0n) is 16.2. The van der Waals surface area contributed by atoms with E-state index in [1.165, 1.54) is 6.07 Å². The Morgan fingerprint density at radius 1 is 0.938 bits per heavy atom. The first kappa shape index (κ1) is 23.8. The van der Waals surface area contributed by atoms with E-state index in [1.807, 2.05) is 0 Å². The third-order valence-corrected chi connectivity index (χ3v) is 7.29. The van der Waals surface area contributed by atoms with E-state index in [9.17, 15) is 28.4 Å². The molecular formula is C22H15Br2NO6S. The summed E-state index contributed by atoms with van der Waals surface area (Å²) in [6, 6.07) is 16.6. The maximum absolute atomic E-state index is 13.3. The number of phenolic OH excluding ortho intramolecular Hbond substituents is 1. The average molecular weight is 581 g/mol. The summed E-state index contributed by atoms with van der Waals surface area (Å²) in [7, 11) is -4.14. The highest BCUT2D eigenvalue weighted by Crippen LogP contribution is 2.35. The van der Waals surface area contributed by atoms with Gasteiger partial charge in [-0.3, -0.25) is 14.9 Å². The van der Waals surface area contributed by atoms with Crippen LogP contribution in [0.4, 0.5) is 5.69 Å². The molecule has 0 spiro atoms. The number of rotatable bonds is 7. The van der Waals surface area contributed by atoms with Crippen molar-refractivity contribution >= 4 is 59.2 Å². The van der Waals surface area contributed by atoms with Crippen LogP contribution in [0.2, 0.25) is 0 Å². The first-order valence-corrected chi connectivity index (χ1v) is 12.3. The monoisotopic (exact) mass is 579 g/mol. The number of carbonyl (C=O) groups is 1. The van der Waals surface area contributed by atoms with Crippen LogP contribution in [-0.2, 0) is 20.4 Å². The lowest BCUT2D eigenvalue weighted by Crippen LogP contribution is -2.12. The summed E-state index contributed by atoms with van der Waals surface area (Å²) in [5.41, 5.74) is 0.354. The minimum Gasteiger partial charge on any atom is -0.502 e. The highest BCUT2D eigenvalue weighted by molar-refractivity contribution is 9.10. The van der Waals surface area contributed by atoms with Gasteiger partial charge < -0.3 is 5.11 Å². The van der Waals surface area contributed by atoms with Crippen LogP contribution in [0.3, 0.4) is 0 Å². The molecule has 0 amide bonds. The number of halogens is 2. The fraction of sp³-hybridized carbons (Fsp3) is 0.0455. The molecule has 0 aliphatic heterocycles. The highest BCUT2D eigenvalue weighted by atomic mass is 79.9.